The number of likely N-dealkylation sites (tertiary alicyclic amines) is 1. The molecule has 3 heterocycles. The van der Waals surface area contributed by atoms with Crippen molar-refractivity contribution in [2.75, 3.05) is 6.54 Å². The van der Waals surface area contributed by atoms with E-state index in [9.17, 15) is 4.79 Å². The molecular formula is C17H21N3O3. The highest BCUT2D eigenvalue weighted by molar-refractivity contribution is 5.69. The standard InChI is InChI=1S/C17H21N3O3/c1-17(2,3)22-16(21)20-10-6-8-14(20)15-11-13(19-23-15)12-7-4-5-9-18-12/h4-5,7,9,11,14H,6,8,10H2,1-3H3. The SMILES string of the molecule is CC(C)(C)OC(=O)N1CCCC1c1cc(-c2ccccn2)no1. The quantitative estimate of drug-likeness (QED) is 0.843. The number of amides is 1. The smallest absolute Gasteiger partial charge is 0.410 e. The van der Waals surface area contributed by atoms with E-state index in [1.165, 1.54) is 0 Å². The second kappa shape index (κ2) is 6.02. The second-order valence-corrected chi connectivity index (χ2v) is 6.66. The van der Waals surface area contributed by atoms with Crippen molar-refractivity contribution < 1.29 is 14.1 Å². The van der Waals surface area contributed by atoms with E-state index in [2.05, 4.69) is 10.1 Å². The molecule has 0 spiro atoms. The van der Waals surface area contributed by atoms with Crippen LogP contribution in [0.1, 0.15) is 45.4 Å². The summed E-state index contributed by atoms with van der Waals surface area (Å²) < 4.78 is 11.0. The molecule has 6 heteroatoms. The summed E-state index contributed by atoms with van der Waals surface area (Å²) >= 11 is 0. The molecule has 1 unspecified atom stereocenters. The summed E-state index contributed by atoms with van der Waals surface area (Å²) in [4.78, 5) is 18.3. The van der Waals surface area contributed by atoms with Crippen molar-refractivity contribution in [3.8, 4) is 11.4 Å². The van der Waals surface area contributed by atoms with Gasteiger partial charge in [0, 0.05) is 18.8 Å². The van der Waals surface area contributed by atoms with Gasteiger partial charge in [0.1, 0.15) is 11.3 Å². The van der Waals surface area contributed by atoms with Gasteiger partial charge in [-0.3, -0.25) is 9.88 Å². The zero-order valence-electron chi connectivity index (χ0n) is 13.7. The summed E-state index contributed by atoms with van der Waals surface area (Å²) in [6, 6.07) is 7.36. The Balaban J connectivity index is 1.78. The molecular weight excluding hydrogens is 294 g/mol. The molecule has 2 aromatic heterocycles. The number of carbonyl (C=O) groups excluding carboxylic acids is 1. The molecule has 0 aromatic carbocycles. The summed E-state index contributed by atoms with van der Waals surface area (Å²) in [6.45, 7) is 6.26. The molecule has 0 bridgehead atoms. The summed E-state index contributed by atoms with van der Waals surface area (Å²) in [5.41, 5.74) is 0.922. The Bertz CT molecular complexity index is 676. The molecule has 122 valence electrons. The minimum Gasteiger partial charge on any atom is -0.444 e. The van der Waals surface area contributed by atoms with Crippen molar-refractivity contribution in [2.45, 2.75) is 45.3 Å². The Kier molecular flexibility index (Phi) is 4.07. The van der Waals surface area contributed by atoms with E-state index >= 15 is 0 Å². The van der Waals surface area contributed by atoms with Crippen LogP contribution in [-0.4, -0.2) is 33.3 Å². The molecule has 0 radical (unpaired) electrons. The zero-order chi connectivity index (χ0) is 16.4. The van der Waals surface area contributed by atoms with Crippen LogP contribution < -0.4 is 0 Å². The Morgan fingerprint density at radius 2 is 2.17 bits per heavy atom. The van der Waals surface area contributed by atoms with Gasteiger partial charge in [0.2, 0.25) is 0 Å². The normalized spacial score (nSPS) is 18.2. The lowest BCUT2D eigenvalue weighted by Gasteiger charge is -2.27. The minimum absolute atomic E-state index is 0.130. The van der Waals surface area contributed by atoms with Crippen LogP contribution in [-0.2, 0) is 4.74 Å². The van der Waals surface area contributed by atoms with Crippen LogP contribution in [0.4, 0.5) is 4.79 Å². The maximum atomic E-state index is 12.4. The average Bonchev–Trinajstić information content (AvgIpc) is 3.15. The largest absolute Gasteiger partial charge is 0.444 e. The fraction of sp³-hybridized carbons (Fsp3) is 0.471. The molecule has 1 fully saturated rings. The van der Waals surface area contributed by atoms with Crippen LogP contribution in [0.5, 0.6) is 0 Å². The number of hydrogen-bond donors (Lipinski definition) is 0. The van der Waals surface area contributed by atoms with Gasteiger partial charge < -0.3 is 9.26 Å². The lowest BCUT2D eigenvalue weighted by molar-refractivity contribution is 0.0204. The van der Waals surface area contributed by atoms with Crippen LogP contribution >= 0.6 is 0 Å². The van der Waals surface area contributed by atoms with E-state index in [4.69, 9.17) is 9.26 Å². The van der Waals surface area contributed by atoms with Crippen LogP contribution in [0.3, 0.4) is 0 Å². The highest BCUT2D eigenvalue weighted by atomic mass is 16.6. The fourth-order valence-electron chi connectivity index (χ4n) is 2.68. The number of hydrogen-bond acceptors (Lipinski definition) is 5. The number of carbonyl (C=O) groups is 1. The van der Waals surface area contributed by atoms with Gasteiger partial charge in [-0.2, -0.15) is 0 Å². The molecule has 1 aliphatic heterocycles. The van der Waals surface area contributed by atoms with Gasteiger partial charge in [0.25, 0.3) is 0 Å². The Morgan fingerprint density at radius 3 is 2.87 bits per heavy atom. The molecule has 0 saturated carbocycles. The van der Waals surface area contributed by atoms with Crippen molar-refractivity contribution in [2.24, 2.45) is 0 Å². The Labute approximate surface area is 135 Å². The average molecular weight is 315 g/mol. The van der Waals surface area contributed by atoms with E-state index < -0.39 is 5.60 Å². The number of pyridine rings is 1. The lowest BCUT2D eigenvalue weighted by Crippen LogP contribution is -2.36. The van der Waals surface area contributed by atoms with E-state index in [1.807, 2.05) is 45.0 Å². The number of nitrogens with zero attached hydrogens (tertiary/aromatic N) is 3. The number of ether oxygens (including phenoxy) is 1. The van der Waals surface area contributed by atoms with Gasteiger partial charge in [-0.25, -0.2) is 4.79 Å². The molecule has 0 aliphatic carbocycles. The summed E-state index contributed by atoms with van der Waals surface area (Å²) in [6.07, 6.45) is 3.17. The van der Waals surface area contributed by atoms with E-state index in [0.29, 0.717) is 18.0 Å². The zero-order valence-corrected chi connectivity index (χ0v) is 13.7. The van der Waals surface area contributed by atoms with E-state index in [1.54, 1.807) is 11.1 Å². The van der Waals surface area contributed by atoms with Crippen molar-refractivity contribution in [3.05, 3.63) is 36.2 Å². The molecule has 2 aromatic rings. The summed E-state index contributed by atoms with van der Waals surface area (Å²) in [7, 11) is 0. The topological polar surface area (TPSA) is 68.5 Å². The van der Waals surface area contributed by atoms with E-state index in [0.717, 1.165) is 18.5 Å². The summed E-state index contributed by atoms with van der Waals surface area (Å²) in [5, 5.41) is 4.08. The second-order valence-electron chi connectivity index (χ2n) is 6.66. The van der Waals surface area contributed by atoms with Gasteiger partial charge in [-0.15, -0.1) is 0 Å². The first kappa shape index (κ1) is 15.5. The Morgan fingerprint density at radius 1 is 1.35 bits per heavy atom. The van der Waals surface area contributed by atoms with Crippen molar-refractivity contribution >= 4 is 6.09 Å². The third kappa shape index (κ3) is 3.52. The Hall–Kier alpha value is -2.37. The molecule has 1 aliphatic rings. The fourth-order valence-corrected chi connectivity index (χ4v) is 2.68. The van der Waals surface area contributed by atoms with Crippen LogP contribution in [0.25, 0.3) is 11.4 Å². The minimum atomic E-state index is -0.509. The first-order valence-corrected chi connectivity index (χ1v) is 7.82. The number of aromatic nitrogens is 2. The van der Waals surface area contributed by atoms with Crippen LogP contribution in [0, 0.1) is 0 Å². The molecule has 6 nitrogen and oxygen atoms in total. The van der Waals surface area contributed by atoms with Crippen molar-refractivity contribution in [1.82, 2.24) is 15.0 Å². The van der Waals surface area contributed by atoms with Gasteiger partial charge in [-0.05, 0) is 45.7 Å². The van der Waals surface area contributed by atoms with Crippen molar-refractivity contribution in [1.29, 1.82) is 0 Å². The predicted molar refractivity (Wildman–Crippen MR) is 84.6 cm³/mol. The number of rotatable bonds is 2. The molecule has 1 atom stereocenters. The molecule has 0 N–H and O–H groups in total. The third-order valence-corrected chi connectivity index (χ3v) is 3.66. The lowest BCUT2D eigenvalue weighted by atomic mass is 10.1. The van der Waals surface area contributed by atoms with Gasteiger partial charge in [-0.1, -0.05) is 11.2 Å². The van der Waals surface area contributed by atoms with Gasteiger partial charge >= 0.3 is 6.09 Å². The first-order valence-electron chi connectivity index (χ1n) is 7.82. The molecule has 1 amide bonds. The third-order valence-electron chi connectivity index (χ3n) is 3.66. The van der Waals surface area contributed by atoms with E-state index in [-0.39, 0.29) is 12.1 Å². The van der Waals surface area contributed by atoms with Crippen LogP contribution in [0.2, 0.25) is 0 Å². The van der Waals surface area contributed by atoms with Crippen LogP contribution in [0.15, 0.2) is 35.0 Å². The van der Waals surface area contributed by atoms with Gasteiger partial charge in [0.15, 0.2) is 5.76 Å². The molecule has 3 rings (SSSR count). The highest BCUT2D eigenvalue weighted by Crippen LogP contribution is 2.34. The predicted octanol–water partition coefficient (Wildman–Crippen LogP) is 3.81. The maximum Gasteiger partial charge on any atom is 0.410 e. The van der Waals surface area contributed by atoms with Gasteiger partial charge in [0.05, 0.1) is 11.7 Å². The highest BCUT2D eigenvalue weighted by Gasteiger charge is 2.35. The molecule has 1 saturated heterocycles. The van der Waals surface area contributed by atoms with Crippen molar-refractivity contribution in [3.63, 3.8) is 0 Å². The molecule has 23 heavy (non-hydrogen) atoms. The first-order chi connectivity index (χ1) is 10.9. The monoisotopic (exact) mass is 315 g/mol. The maximum absolute atomic E-state index is 12.4. The summed E-state index contributed by atoms with van der Waals surface area (Å²) in [5.74, 6) is 0.675.